The van der Waals surface area contributed by atoms with Gasteiger partial charge in [0, 0.05) is 55.3 Å². The van der Waals surface area contributed by atoms with E-state index in [1.165, 1.54) is 17.0 Å². The van der Waals surface area contributed by atoms with Crippen LogP contribution in [-0.4, -0.2) is 60.1 Å². The molecule has 5 rings (SSSR count). The molecule has 2 N–H and O–H groups in total. The normalized spacial score (nSPS) is 21.5. The Bertz CT molecular complexity index is 1290. The van der Waals surface area contributed by atoms with E-state index >= 15 is 0 Å². The van der Waals surface area contributed by atoms with Crippen molar-refractivity contribution in [3.63, 3.8) is 0 Å². The fraction of sp³-hybridized carbons (Fsp3) is 0.533. The number of carbonyl (C=O) groups is 2. The van der Waals surface area contributed by atoms with Gasteiger partial charge in [-0.15, -0.1) is 0 Å². The molecule has 0 aromatic heterocycles. The first kappa shape index (κ1) is 29.7. The average molecular weight is 591 g/mol. The topological polar surface area (TPSA) is 94.6 Å². The number of benzene rings is 2. The molecule has 3 aliphatic heterocycles. The van der Waals surface area contributed by atoms with Gasteiger partial charge < -0.3 is 34.6 Å². The summed E-state index contributed by atoms with van der Waals surface area (Å²) in [5, 5.41) is 12.7. The van der Waals surface area contributed by atoms with Crippen molar-refractivity contribution in [3.8, 4) is 11.5 Å². The van der Waals surface area contributed by atoms with Gasteiger partial charge in [-0.2, -0.15) is 13.2 Å². The molecule has 9 nitrogen and oxygen atoms in total. The minimum absolute atomic E-state index is 0.146. The molecule has 3 aliphatic rings. The Kier molecular flexibility index (Phi) is 8.08. The Balaban J connectivity index is 1.40. The first-order valence-electron chi connectivity index (χ1n) is 14.3. The van der Waals surface area contributed by atoms with E-state index in [1.54, 1.807) is 6.07 Å². The number of rotatable bonds is 6. The number of anilines is 2. The molecule has 0 radical (unpaired) electrons. The van der Waals surface area contributed by atoms with E-state index in [4.69, 9.17) is 9.47 Å². The average Bonchev–Trinajstić information content (AvgIpc) is 3.31. The van der Waals surface area contributed by atoms with Crippen LogP contribution in [0.4, 0.5) is 29.3 Å². The summed E-state index contributed by atoms with van der Waals surface area (Å²) in [5.74, 6) is 1.06. The second-order valence-corrected chi connectivity index (χ2v) is 12.0. The van der Waals surface area contributed by atoms with Crippen LogP contribution in [-0.2, 0) is 11.0 Å². The number of likely N-dealkylation sites (tertiary alicyclic amines) is 1. The maximum absolute atomic E-state index is 13.0. The highest BCUT2D eigenvalue weighted by Gasteiger charge is 2.43. The van der Waals surface area contributed by atoms with E-state index in [2.05, 4.69) is 5.32 Å². The molecule has 3 heterocycles. The van der Waals surface area contributed by atoms with Crippen LogP contribution in [0, 0.1) is 0 Å². The zero-order chi connectivity index (χ0) is 30.2. The summed E-state index contributed by atoms with van der Waals surface area (Å²) >= 11 is 0. The van der Waals surface area contributed by atoms with Crippen LogP contribution in [0.25, 0.3) is 0 Å². The van der Waals surface area contributed by atoms with Crippen LogP contribution in [0.5, 0.6) is 11.5 Å². The summed E-state index contributed by atoms with van der Waals surface area (Å²) < 4.78 is 51.5. The third-order valence-corrected chi connectivity index (χ3v) is 8.14. The number of hydrogen-bond acceptors (Lipinski definition) is 6. The lowest BCUT2D eigenvalue weighted by Gasteiger charge is -2.40. The van der Waals surface area contributed by atoms with Gasteiger partial charge in [0.2, 0.25) is 6.41 Å². The van der Waals surface area contributed by atoms with Gasteiger partial charge in [0.05, 0.1) is 17.3 Å². The molecule has 2 unspecified atom stereocenters. The third-order valence-electron chi connectivity index (χ3n) is 8.14. The van der Waals surface area contributed by atoms with Crippen LogP contribution < -0.4 is 24.6 Å². The fourth-order valence-electron chi connectivity index (χ4n) is 6.19. The molecule has 2 atom stereocenters. The highest BCUT2D eigenvalue weighted by atomic mass is 19.4. The number of nitrogens with one attached hydrogen (secondary N) is 1. The van der Waals surface area contributed by atoms with Gasteiger partial charge in [-0.1, -0.05) is 0 Å². The summed E-state index contributed by atoms with van der Waals surface area (Å²) in [4.78, 5) is 29.2. The van der Waals surface area contributed by atoms with Gasteiger partial charge in [0.15, 0.2) is 5.75 Å². The molecule has 2 aromatic rings. The highest BCUT2D eigenvalue weighted by molar-refractivity contribution is 5.74. The summed E-state index contributed by atoms with van der Waals surface area (Å²) in [6, 6.07) is 8.48. The largest absolute Gasteiger partial charge is 0.490 e. The Labute approximate surface area is 243 Å². The molecular formula is C30H37F3N4O5. The van der Waals surface area contributed by atoms with Crippen molar-refractivity contribution in [1.82, 2.24) is 10.2 Å². The van der Waals surface area contributed by atoms with Crippen LogP contribution in [0.15, 0.2) is 36.4 Å². The first-order chi connectivity index (χ1) is 19.9. The van der Waals surface area contributed by atoms with Crippen LogP contribution in [0.2, 0.25) is 0 Å². The number of alkyl halides is 3. The maximum atomic E-state index is 13.0. The first-order valence-corrected chi connectivity index (χ1v) is 14.3. The molecule has 0 bridgehead atoms. The second-order valence-electron chi connectivity index (χ2n) is 12.0. The molecule has 2 aromatic carbocycles. The number of ether oxygens (including phenoxy) is 2. The zero-order valence-electron chi connectivity index (χ0n) is 24.0. The Morgan fingerprint density at radius 1 is 1.05 bits per heavy atom. The molecule has 0 spiro atoms. The zero-order valence-corrected chi connectivity index (χ0v) is 24.0. The Morgan fingerprint density at radius 2 is 1.74 bits per heavy atom. The van der Waals surface area contributed by atoms with E-state index in [0.717, 1.165) is 41.9 Å². The lowest BCUT2D eigenvalue weighted by atomic mass is 9.92. The number of hydrogen-bond donors (Lipinski definition) is 2. The smallest absolute Gasteiger partial charge is 0.416 e. The predicted molar refractivity (Wildman–Crippen MR) is 151 cm³/mol. The van der Waals surface area contributed by atoms with Crippen molar-refractivity contribution in [1.29, 1.82) is 0 Å². The van der Waals surface area contributed by atoms with Crippen molar-refractivity contribution < 1.29 is 37.3 Å². The molecule has 0 aliphatic carbocycles. The van der Waals surface area contributed by atoms with Gasteiger partial charge in [-0.05, 0) is 70.4 Å². The SMILES string of the molecule is CC(C)(C)N1c2c(cc(OC3CCN(c4ccc(C(F)(F)F)cc4)CC3)cc2C2CCCCN2C(=O)O)OC1NC=O. The number of halogens is 3. The summed E-state index contributed by atoms with van der Waals surface area (Å²) in [5.41, 5.74) is 1.11. The van der Waals surface area contributed by atoms with Crippen molar-refractivity contribution in [3.05, 3.63) is 47.5 Å². The molecule has 228 valence electrons. The lowest BCUT2D eigenvalue weighted by molar-refractivity contribution is -0.137. The highest BCUT2D eigenvalue weighted by Crippen LogP contribution is 2.50. The number of carboxylic acid groups (broad SMARTS) is 1. The minimum atomic E-state index is -4.37. The van der Waals surface area contributed by atoms with Crippen LogP contribution in [0.3, 0.4) is 0 Å². The molecular weight excluding hydrogens is 553 g/mol. The molecule has 2 fully saturated rings. The van der Waals surface area contributed by atoms with Crippen molar-refractivity contribution in [2.24, 2.45) is 0 Å². The quantitative estimate of drug-likeness (QED) is 0.400. The third kappa shape index (κ3) is 6.03. The fourth-order valence-corrected chi connectivity index (χ4v) is 6.19. The molecule has 2 saturated heterocycles. The summed E-state index contributed by atoms with van der Waals surface area (Å²) in [6.07, 6.45) is -2.06. The molecule has 12 heteroatoms. The minimum Gasteiger partial charge on any atom is -0.490 e. The monoisotopic (exact) mass is 590 g/mol. The number of amides is 2. The van der Waals surface area contributed by atoms with E-state index in [1.807, 2.05) is 36.6 Å². The number of nitrogens with zero attached hydrogens (tertiary/aromatic N) is 3. The molecule has 2 amide bonds. The van der Waals surface area contributed by atoms with Crippen molar-refractivity contribution in [2.45, 2.75) is 83.1 Å². The van der Waals surface area contributed by atoms with E-state index in [-0.39, 0.29) is 6.10 Å². The second kappa shape index (κ2) is 11.4. The van der Waals surface area contributed by atoms with Gasteiger partial charge in [-0.25, -0.2) is 4.79 Å². The molecule has 42 heavy (non-hydrogen) atoms. The van der Waals surface area contributed by atoms with E-state index < -0.39 is 35.8 Å². The van der Waals surface area contributed by atoms with Gasteiger partial charge in [0.25, 0.3) is 6.35 Å². The number of fused-ring (bicyclic) bond motifs is 1. The van der Waals surface area contributed by atoms with Gasteiger partial charge in [0.1, 0.15) is 11.9 Å². The lowest BCUT2D eigenvalue weighted by Crippen LogP contribution is -2.54. The van der Waals surface area contributed by atoms with E-state index in [0.29, 0.717) is 56.8 Å². The Morgan fingerprint density at radius 3 is 2.33 bits per heavy atom. The van der Waals surface area contributed by atoms with Gasteiger partial charge >= 0.3 is 12.3 Å². The summed E-state index contributed by atoms with van der Waals surface area (Å²) in [6.45, 7) is 7.65. The maximum Gasteiger partial charge on any atom is 0.416 e. The van der Waals surface area contributed by atoms with Crippen LogP contribution >= 0.6 is 0 Å². The van der Waals surface area contributed by atoms with Crippen LogP contribution in [0.1, 0.15) is 70.0 Å². The van der Waals surface area contributed by atoms with Crippen molar-refractivity contribution in [2.75, 3.05) is 29.4 Å². The standard InChI is InChI=1S/C30H37F3N4O5/c1-29(2,3)37-26-23(24-6-4-5-13-36(24)28(39)40)16-22(17-25(26)42-27(37)34-18-38)41-21-11-14-35(15-12-21)20-9-7-19(8-10-20)30(31,32)33/h7-10,16-18,21,24,27H,4-6,11-15H2,1-3H3,(H,34,38)(H,39,40). The van der Waals surface area contributed by atoms with E-state index in [9.17, 15) is 27.9 Å². The number of carbonyl (C=O) groups excluding carboxylic acids is 1. The Hall–Kier alpha value is -3.83. The van der Waals surface area contributed by atoms with Crippen molar-refractivity contribution >= 4 is 23.9 Å². The summed E-state index contributed by atoms with van der Waals surface area (Å²) in [7, 11) is 0. The number of piperidine rings is 2. The van der Waals surface area contributed by atoms with Gasteiger partial charge in [-0.3, -0.25) is 4.79 Å². The predicted octanol–water partition coefficient (Wildman–Crippen LogP) is 5.99. The molecule has 0 saturated carbocycles.